The lowest BCUT2D eigenvalue weighted by atomic mass is 10.3. The molecule has 0 radical (unpaired) electrons. The summed E-state index contributed by atoms with van der Waals surface area (Å²) in [5.41, 5.74) is 0.907. The number of halogens is 1. The molecule has 1 aliphatic rings. The lowest BCUT2D eigenvalue weighted by Gasteiger charge is -2.33. The topological polar surface area (TPSA) is 80.7 Å². The summed E-state index contributed by atoms with van der Waals surface area (Å²) in [5.74, 6) is 2.19. The molecule has 148 valence electrons. The summed E-state index contributed by atoms with van der Waals surface area (Å²) in [6, 6.07) is 7.80. The van der Waals surface area contributed by atoms with Crippen LogP contribution in [0.3, 0.4) is 0 Å². The van der Waals surface area contributed by atoms with Crippen molar-refractivity contribution in [2.24, 2.45) is 0 Å². The van der Waals surface area contributed by atoms with Gasteiger partial charge >= 0.3 is 0 Å². The van der Waals surface area contributed by atoms with E-state index in [2.05, 4.69) is 25.1 Å². The molecule has 1 aliphatic heterocycles. The zero-order valence-electron chi connectivity index (χ0n) is 15.7. The summed E-state index contributed by atoms with van der Waals surface area (Å²) in [4.78, 5) is 8.99. The molecule has 0 spiro atoms. The van der Waals surface area contributed by atoms with Crippen LogP contribution in [0.15, 0.2) is 39.4 Å². The molecule has 1 aromatic carbocycles. The maximum Gasteiger partial charge on any atom is 0.240 e. The molecule has 8 nitrogen and oxygen atoms in total. The van der Waals surface area contributed by atoms with Gasteiger partial charge in [-0.2, -0.15) is 4.98 Å². The van der Waals surface area contributed by atoms with Gasteiger partial charge in [0.15, 0.2) is 12.4 Å². The molecular weight excluding hydrogens is 365 g/mol. The van der Waals surface area contributed by atoms with E-state index in [1.54, 1.807) is 12.1 Å². The van der Waals surface area contributed by atoms with E-state index in [0.29, 0.717) is 24.0 Å². The highest BCUT2D eigenvalue weighted by Crippen LogP contribution is 2.14. The van der Waals surface area contributed by atoms with Gasteiger partial charge in [0.25, 0.3) is 0 Å². The Hall–Kier alpha value is -2.78. The molecule has 28 heavy (non-hydrogen) atoms. The zero-order chi connectivity index (χ0) is 19.3. The number of piperazine rings is 1. The monoisotopic (exact) mass is 387 g/mol. The fraction of sp³-hybridized carbons (Fsp3) is 0.421. The van der Waals surface area contributed by atoms with Crippen LogP contribution in [0.2, 0.25) is 0 Å². The van der Waals surface area contributed by atoms with Crippen molar-refractivity contribution in [1.29, 1.82) is 0 Å². The van der Waals surface area contributed by atoms with Crippen LogP contribution in [0, 0.1) is 12.7 Å². The molecule has 0 atom stereocenters. The van der Waals surface area contributed by atoms with Gasteiger partial charge in [-0.1, -0.05) is 10.3 Å². The zero-order valence-corrected chi connectivity index (χ0v) is 15.7. The molecule has 0 unspecified atom stereocenters. The summed E-state index contributed by atoms with van der Waals surface area (Å²) >= 11 is 0. The Balaban J connectivity index is 1.21. The lowest BCUT2D eigenvalue weighted by molar-refractivity contribution is 0.105. The fourth-order valence-corrected chi connectivity index (χ4v) is 3.10. The lowest BCUT2D eigenvalue weighted by Crippen LogP contribution is -2.45. The summed E-state index contributed by atoms with van der Waals surface area (Å²) in [5, 5.41) is 7.87. The first-order valence-corrected chi connectivity index (χ1v) is 9.21. The third-order valence-electron chi connectivity index (χ3n) is 4.57. The fourth-order valence-electron chi connectivity index (χ4n) is 3.10. The average molecular weight is 387 g/mol. The van der Waals surface area contributed by atoms with Gasteiger partial charge < -0.3 is 13.8 Å². The van der Waals surface area contributed by atoms with Gasteiger partial charge in [0, 0.05) is 32.2 Å². The molecular formula is C19H22FN5O3. The Morgan fingerprint density at radius 1 is 1.00 bits per heavy atom. The van der Waals surface area contributed by atoms with Gasteiger partial charge in [-0.05, 0) is 31.2 Å². The second-order valence-corrected chi connectivity index (χ2v) is 6.83. The van der Waals surface area contributed by atoms with Crippen molar-refractivity contribution in [1.82, 2.24) is 25.1 Å². The highest BCUT2D eigenvalue weighted by atomic mass is 19.1. The normalized spacial score (nSPS) is 15.8. The van der Waals surface area contributed by atoms with Crippen molar-refractivity contribution in [3.05, 3.63) is 59.3 Å². The summed E-state index contributed by atoms with van der Waals surface area (Å²) in [6.45, 7) is 7.20. The first-order chi connectivity index (χ1) is 13.6. The van der Waals surface area contributed by atoms with E-state index in [1.807, 2.05) is 13.0 Å². The predicted molar refractivity (Wildman–Crippen MR) is 96.8 cm³/mol. The van der Waals surface area contributed by atoms with Gasteiger partial charge in [-0.3, -0.25) is 9.80 Å². The minimum atomic E-state index is -0.301. The second-order valence-electron chi connectivity index (χ2n) is 6.83. The molecule has 0 N–H and O–H groups in total. The van der Waals surface area contributed by atoms with Crippen LogP contribution >= 0.6 is 0 Å². The number of hydrogen-bond donors (Lipinski definition) is 0. The number of rotatable bonds is 7. The predicted octanol–water partition coefficient (Wildman–Crippen LogP) is 2.40. The van der Waals surface area contributed by atoms with Gasteiger partial charge in [0.1, 0.15) is 11.6 Å². The Morgan fingerprint density at radius 2 is 1.71 bits per heavy atom. The summed E-state index contributed by atoms with van der Waals surface area (Å²) < 4.78 is 29.0. The first kappa shape index (κ1) is 18.6. The van der Waals surface area contributed by atoms with E-state index in [1.165, 1.54) is 12.1 Å². The van der Waals surface area contributed by atoms with E-state index in [9.17, 15) is 4.39 Å². The number of benzene rings is 1. The van der Waals surface area contributed by atoms with Crippen molar-refractivity contribution in [2.45, 2.75) is 26.6 Å². The summed E-state index contributed by atoms with van der Waals surface area (Å²) in [7, 11) is 0. The molecule has 0 amide bonds. The van der Waals surface area contributed by atoms with Crippen LogP contribution in [-0.4, -0.2) is 51.3 Å². The maximum absolute atomic E-state index is 12.9. The minimum Gasteiger partial charge on any atom is -0.485 e. The van der Waals surface area contributed by atoms with Crippen LogP contribution < -0.4 is 4.74 Å². The van der Waals surface area contributed by atoms with Crippen LogP contribution in [-0.2, 0) is 19.7 Å². The van der Waals surface area contributed by atoms with Crippen LogP contribution in [0.5, 0.6) is 5.75 Å². The first-order valence-electron chi connectivity index (χ1n) is 9.21. The number of hydrogen-bond acceptors (Lipinski definition) is 8. The molecule has 1 fully saturated rings. The third-order valence-corrected chi connectivity index (χ3v) is 4.57. The Labute approximate surface area is 161 Å². The van der Waals surface area contributed by atoms with Crippen molar-refractivity contribution in [3.63, 3.8) is 0 Å². The van der Waals surface area contributed by atoms with Crippen LogP contribution in [0.25, 0.3) is 0 Å². The van der Waals surface area contributed by atoms with E-state index in [4.69, 9.17) is 13.8 Å². The number of nitrogens with zero attached hydrogens (tertiary/aromatic N) is 5. The molecule has 9 heteroatoms. The quantitative estimate of drug-likeness (QED) is 0.611. The van der Waals surface area contributed by atoms with Crippen molar-refractivity contribution in [2.75, 3.05) is 26.2 Å². The van der Waals surface area contributed by atoms with Crippen LogP contribution in [0.1, 0.15) is 23.2 Å². The average Bonchev–Trinajstić information content (AvgIpc) is 3.32. The van der Waals surface area contributed by atoms with Crippen molar-refractivity contribution >= 4 is 0 Å². The second kappa shape index (κ2) is 8.49. The molecule has 4 rings (SSSR count). The number of aromatic nitrogens is 3. The van der Waals surface area contributed by atoms with Crippen LogP contribution in [0.4, 0.5) is 4.39 Å². The Morgan fingerprint density at radius 3 is 2.39 bits per heavy atom. The minimum absolute atomic E-state index is 0.180. The maximum atomic E-state index is 12.9. The molecule has 3 aromatic rings. The van der Waals surface area contributed by atoms with E-state index in [-0.39, 0.29) is 12.4 Å². The smallest absolute Gasteiger partial charge is 0.240 e. The molecule has 0 saturated carbocycles. The van der Waals surface area contributed by atoms with Crippen molar-refractivity contribution in [3.8, 4) is 5.75 Å². The number of aryl methyl sites for hydroxylation is 1. The highest BCUT2D eigenvalue weighted by Gasteiger charge is 2.20. The van der Waals surface area contributed by atoms with Gasteiger partial charge in [-0.25, -0.2) is 4.39 Å². The van der Waals surface area contributed by atoms with Gasteiger partial charge in [0.2, 0.25) is 11.7 Å². The molecule has 0 aliphatic carbocycles. The van der Waals surface area contributed by atoms with Gasteiger partial charge in [0.05, 0.1) is 18.8 Å². The van der Waals surface area contributed by atoms with E-state index in [0.717, 1.165) is 44.2 Å². The number of ether oxygens (including phenoxy) is 1. The summed E-state index contributed by atoms with van der Waals surface area (Å²) in [6.07, 6.45) is 0. The third kappa shape index (κ3) is 4.93. The molecule has 1 saturated heterocycles. The molecule has 3 heterocycles. The van der Waals surface area contributed by atoms with E-state index < -0.39 is 0 Å². The van der Waals surface area contributed by atoms with Crippen molar-refractivity contribution < 1.29 is 18.2 Å². The largest absolute Gasteiger partial charge is 0.485 e. The van der Waals surface area contributed by atoms with Gasteiger partial charge in [-0.15, -0.1) is 0 Å². The highest BCUT2D eigenvalue weighted by molar-refractivity contribution is 5.22. The SMILES string of the molecule is Cc1cc(CN2CCN(Cc3nc(COc4ccc(F)cc4)no3)CC2)on1. The van der Waals surface area contributed by atoms with E-state index >= 15 is 0 Å². The Bertz CT molecular complexity index is 887. The standard InChI is InChI=1S/C19H22FN5O3/c1-14-10-17(27-22-14)11-24-6-8-25(9-7-24)12-19-21-18(23-28-19)13-26-16-4-2-15(20)3-5-16/h2-5,10H,6-9,11-13H2,1H3. The molecule has 0 bridgehead atoms. The molecule has 2 aromatic heterocycles. The Kier molecular flexibility index (Phi) is 5.63.